The molecule has 0 amide bonds. The number of phenols is 1. The van der Waals surface area contributed by atoms with Crippen LogP contribution in [0.25, 0.3) is 12.2 Å². The van der Waals surface area contributed by atoms with Gasteiger partial charge in [-0.2, -0.15) is 0 Å². The highest BCUT2D eigenvalue weighted by molar-refractivity contribution is 7.90. The van der Waals surface area contributed by atoms with Gasteiger partial charge >= 0.3 is 0 Å². The average Bonchev–Trinajstić information content (AvgIpc) is 2.72. The molecule has 3 aromatic carbocycles. The van der Waals surface area contributed by atoms with Gasteiger partial charge in [-0.25, -0.2) is 8.42 Å². The lowest BCUT2D eigenvalue weighted by molar-refractivity contribution is 0.422. The summed E-state index contributed by atoms with van der Waals surface area (Å²) in [5, 5.41) is 10.9. The molecule has 174 valence electrons. The molecule has 4 heteroatoms. The van der Waals surface area contributed by atoms with Crippen LogP contribution in [0.4, 0.5) is 0 Å². The lowest BCUT2D eigenvalue weighted by Gasteiger charge is -2.28. The van der Waals surface area contributed by atoms with Gasteiger partial charge in [0.25, 0.3) is 0 Å². The van der Waals surface area contributed by atoms with Crippen LogP contribution < -0.4 is 0 Å². The van der Waals surface area contributed by atoms with E-state index in [9.17, 15) is 13.5 Å². The maximum Gasteiger partial charge on any atom is 0.182 e. The van der Waals surface area contributed by atoms with E-state index in [0.717, 1.165) is 16.7 Å². The first-order valence-electron chi connectivity index (χ1n) is 11.2. The third kappa shape index (κ3) is 6.14. The minimum Gasteiger partial charge on any atom is -0.507 e. The van der Waals surface area contributed by atoms with Gasteiger partial charge < -0.3 is 5.11 Å². The van der Waals surface area contributed by atoms with Crippen LogP contribution in [-0.4, -0.2) is 13.5 Å². The van der Waals surface area contributed by atoms with E-state index in [-0.39, 0.29) is 27.2 Å². The van der Waals surface area contributed by atoms with Gasteiger partial charge in [-0.05, 0) is 39.7 Å². The van der Waals surface area contributed by atoms with E-state index < -0.39 is 9.84 Å². The standard InChI is InChI=1S/C29H34O3S/c1-28(2,3)25-18-24(19-26(27(25)30)29(4,5)6)33(31,32)20-23-16-14-22(15-17-23)13-12-21-10-8-7-9-11-21/h7-19,30H,20H2,1-6H3/b13-12+. The zero-order valence-electron chi connectivity index (χ0n) is 20.4. The van der Waals surface area contributed by atoms with E-state index in [1.807, 2.05) is 108 Å². The van der Waals surface area contributed by atoms with Crippen molar-refractivity contribution in [2.45, 2.75) is 63.0 Å². The van der Waals surface area contributed by atoms with Crippen molar-refractivity contribution in [2.75, 3.05) is 0 Å². The minimum absolute atomic E-state index is 0.0897. The van der Waals surface area contributed by atoms with Gasteiger partial charge in [-0.1, -0.05) is 108 Å². The number of phenolic OH excluding ortho intramolecular Hbond substituents is 1. The monoisotopic (exact) mass is 462 g/mol. The van der Waals surface area contributed by atoms with E-state index in [0.29, 0.717) is 11.1 Å². The Bertz CT molecular complexity index is 1200. The van der Waals surface area contributed by atoms with Crippen molar-refractivity contribution in [2.24, 2.45) is 0 Å². The molecule has 0 radical (unpaired) electrons. The summed E-state index contributed by atoms with van der Waals surface area (Å²) < 4.78 is 26.7. The highest BCUT2D eigenvalue weighted by atomic mass is 32.2. The van der Waals surface area contributed by atoms with Crippen molar-refractivity contribution in [3.63, 3.8) is 0 Å². The zero-order valence-corrected chi connectivity index (χ0v) is 21.2. The van der Waals surface area contributed by atoms with Crippen LogP contribution in [0.1, 0.15) is 69.4 Å². The summed E-state index contributed by atoms with van der Waals surface area (Å²) in [6.07, 6.45) is 4.04. The molecule has 0 heterocycles. The predicted octanol–water partition coefficient (Wildman–Crippen LogP) is 7.13. The highest BCUT2D eigenvalue weighted by Crippen LogP contribution is 2.41. The molecule has 0 saturated carbocycles. The summed E-state index contributed by atoms with van der Waals surface area (Å²) in [6.45, 7) is 11.9. The quantitative estimate of drug-likeness (QED) is 0.410. The third-order valence-corrected chi connectivity index (χ3v) is 7.33. The molecule has 0 saturated heterocycles. The number of hydrogen-bond donors (Lipinski definition) is 1. The number of rotatable bonds is 5. The van der Waals surface area contributed by atoms with Crippen LogP contribution in [0.5, 0.6) is 5.75 Å². The van der Waals surface area contributed by atoms with E-state index in [1.54, 1.807) is 12.1 Å². The molecule has 33 heavy (non-hydrogen) atoms. The van der Waals surface area contributed by atoms with Crippen LogP contribution >= 0.6 is 0 Å². The maximum atomic E-state index is 13.4. The molecule has 3 rings (SSSR count). The van der Waals surface area contributed by atoms with Crippen molar-refractivity contribution in [3.8, 4) is 5.75 Å². The van der Waals surface area contributed by atoms with Gasteiger partial charge in [0, 0.05) is 11.1 Å². The lowest BCUT2D eigenvalue weighted by Crippen LogP contribution is -2.19. The number of sulfone groups is 1. The first-order valence-corrected chi connectivity index (χ1v) is 12.9. The summed E-state index contributed by atoms with van der Waals surface area (Å²) in [5.74, 6) is 0.0941. The van der Waals surface area contributed by atoms with Gasteiger partial charge in [-0.15, -0.1) is 0 Å². The Morgan fingerprint density at radius 2 is 1.18 bits per heavy atom. The summed E-state index contributed by atoms with van der Waals surface area (Å²) in [7, 11) is -3.59. The number of aromatic hydroxyl groups is 1. The van der Waals surface area contributed by atoms with Gasteiger partial charge in [0.15, 0.2) is 9.84 Å². The lowest BCUT2D eigenvalue weighted by atomic mass is 9.79. The second-order valence-electron chi connectivity index (χ2n) is 10.6. The molecular formula is C29H34O3S. The largest absolute Gasteiger partial charge is 0.507 e. The van der Waals surface area contributed by atoms with E-state index in [4.69, 9.17) is 0 Å². The van der Waals surface area contributed by atoms with Crippen LogP contribution in [0.15, 0.2) is 71.6 Å². The normalized spacial score (nSPS) is 12.9. The minimum atomic E-state index is -3.59. The fraction of sp³-hybridized carbons (Fsp3) is 0.310. The van der Waals surface area contributed by atoms with Crippen LogP contribution in [0, 0.1) is 0 Å². The fourth-order valence-corrected chi connectivity index (χ4v) is 5.11. The van der Waals surface area contributed by atoms with Crippen molar-refractivity contribution >= 4 is 22.0 Å². The van der Waals surface area contributed by atoms with Gasteiger partial charge in [-0.3, -0.25) is 0 Å². The van der Waals surface area contributed by atoms with Gasteiger partial charge in [0.05, 0.1) is 10.6 Å². The molecule has 0 unspecified atom stereocenters. The Hall–Kier alpha value is -2.85. The Morgan fingerprint density at radius 1 is 0.727 bits per heavy atom. The Labute approximate surface area is 198 Å². The van der Waals surface area contributed by atoms with Crippen molar-refractivity contribution in [1.29, 1.82) is 0 Å². The molecule has 0 aliphatic rings. The Balaban J connectivity index is 1.91. The Kier molecular flexibility index (Phi) is 6.90. The first-order chi connectivity index (χ1) is 15.3. The second-order valence-corrected chi connectivity index (χ2v) is 12.6. The molecule has 3 aromatic rings. The third-order valence-electron chi connectivity index (χ3n) is 5.66. The molecule has 0 atom stereocenters. The molecule has 0 aromatic heterocycles. The SMILES string of the molecule is CC(C)(C)c1cc(S(=O)(=O)Cc2ccc(/C=C/c3ccccc3)cc2)cc(C(C)(C)C)c1O. The van der Waals surface area contributed by atoms with Gasteiger partial charge in [0.1, 0.15) is 5.75 Å². The molecule has 1 N–H and O–H groups in total. The number of benzene rings is 3. The fourth-order valence-electron chi connectivity index (χ4n) is 3.72. The second kappa shape index (κ2) is 9.18. The summed E-state index contributed by atoms with van der Waals surface area (Å²) in [5.41, 5.74) is 3.37. The predicted molar refractivity (Wildman–Crippen MR) is 138 cm³/mol. The van der Waals surface area contributed by atoms with E-state index >= 15 is 0 Å². The molecule has 3 nitrogen and oxygen atoms in total. The van der Waals surface area contributed by atoms with E-state index in [1.165, 1.54) is 0 Å². The molecule has 0 aliphatic carbocycles. The number of hydrogen-bond acceptors (Lipinski definition) is 3. The molecule has 0 fully saturated rings. The highest BCUT2D eigenvalue weighted by Gasteiger charge is 2.29. The summed E-state index contributed by atoms with van der Waals surface area (Å²) >= 11 is 0. The molecular weight excluding hydrogens is 428 g/mol. The van der Waals surface area contributed by atoms with Crippen LogP contribution in [-0.2, 0) is 26.4 Å². The van der Waals surface area contributed by atoms with Crippen molar-refractivity contribution < 1.29 is 13.5 Å². The average molecular weight is 463 g/mol. The van der Waals surface area contributed by atoms with Crippen molar-refractivity contribution in [1.82, 2.24) is 0 Å². The smallest absolute Gasteiger partial charge is 0.182 e. The van der Waals surface area contributed by atoms with Gasteiger partial charge in [0.2, 0.25) is 0 Å². The topological polar surface area (TPSA) is 54.4 Å². The molecule has 0 aliphatic heterocycles. The first kappa shape index (κ1) is 24.8. The summed E-state index contributed by atoms with van der Waals surface area (Å²) in [4.78, 5) is 0.253. The maximum absolute atomic E-state index is 13.4. The van der Waals surface area contributed by atoms with Crippen LogP contribution in [0.2, 0.25) is 0 Å². The Morgan fingerprint density at radius 3 is 1.64 bits per heavy atom. The van der Waals surface area contributed by atoms with E-state index in [2.05, 4.69) is 0 Å². The summed E-state index contributed by atoms with van der Waals surface area (Å²) in [6, 6.07) is 20.9. The molecule has 0 bridgehead atoms. The zero-order chi connectivity index (χ0) is 24.4. The molecule has 0 spiro atoms. The van der Waals surface area contributed by atoms with Crippen LogP contribution in [0.3, 0.4) is 0 Å². The van der Waals surface area contributed by atoms with Crippen molar-refractivity contribution in [3.05, 3.63) is 94.5 Å².